The van der Waals surface area contributed by atoms with Crippen molar-refractivity contribution in [2.24, 2.45) is 0 Å². The topological polar surface area (TPSA) is 107 Å². The Morgan fingerprint density at radius 2 is 1.19 bits per heavy atom. The van der Waals surface area contributed by atoms with Gasteiger partial charge in [0.25, 0.3) is 0 Å². The van der Waals surface area contributed by atoms with Gasteiger partial charge in [0.2, 0.25) is 0 Å². The Morgan fingerprint density at radius 3 is 1.71 bits per heavy atom. The van der Waals surface area contributed by atoms with E-state index < -0.39 is 5.97 Å². The Kier molecular flexibility index (Phi) is 18.8. The lowest BCUT2D eigenvalue weighted by atomic mass is 10.1. The average Bonchev–Trinajstić information content (AvgIpc) is 3.01. The summed E-state index contributed by atoms with van der Waals surface area (Å²) >= 11 is 0. The summed E-state index contributed by atoms with van der Waals surface area (Å²) in [4.78, 5) is 18.5. The van der Waals surface area contributed by atoms with Crippen molar-refractivity contribution in [2.45, 2.75) is 6.61 Å². The first kappa shape index (κ1) is 35.1. The van der Waals surface area contributed by atoms with E-state index in [2.05, 4.69) is 21.7 Å². The van der Waals surface area contributed by atoms with Crippen molar-refractivity contribution in [3.63, 3.8) is 0 Å². The van der Waals surface area contributed by atoms with E-state index in [0.29, 0.717) is 90.4 Å². The van der Waals surface area contributed by atoms with E-state index in [4.69, 9.17) is 37.9 Å². The number of nitrogens with zero attached hydrogens (tertiary/aromatic N) is 2. The van der Waals surface area contributed by atoms with Gasteiger partial charge in [0.15, 0.2) is 0 Å². The molecule has 232 valence electrons. The van der Waals surface area contributed by atoms with Gasteiger partial charge in [-0.05, 0) is 36.4 Å². The summed E-state index contributed by atoms with van der Waals surface area (Å²) in [6.07, 6.45) is 0. The molecule has 0 aliphatic rings. The molecular weight excluding hydrogens is 544 g/mol. The number of esters is 1. The minimum atomic E-state index is -0.523. The van der Waals surface area contributed by atoms with Gasteiger partial charge in [-0.25, -0.2) is 9.78 Å². The van der Waals surface area contributed by atoms with Crippen LogP contribution in [0.2, 0.25) is 0 Å². The van der Waals surface area contributed by atoms with Crippen LogP contribution in [0.5, 0.6) is 0 Å². The highest BCUT2D eigenvalue weighted by molar-refractivity contribution is 5.87. The molecule has 1 aromatic heterocycles. The van der Waals surface area contributed by atoms with E-state index in [9.17, 15) is 4.79 Å². The van der Waals surface area contributed by atoms with Crippen molar-refractivity contribution < 1.29 is 42.7 Å². The molecule has 0 spiro atoms. The molecule has 1 aromatic carbocycles. The number of hydrogen-bond acceptors (Lipinski definition) is 11. The van der Waals surface area contributed by atoms with Crippen molar-refractivity contribution in [2.75, 3.05) is 112 Å². The van der Waals surface area contributed by atoms with Gasteiger partial charge in [-0.1, -0.05) is 11.8 Å². The van der Waals surface area contributed by atoms with Gasteiger partial charge in [-0.15, -0.1) is 0 Å². The first-order chi connectivity index (χ1) is 20.6. The molecule has 2 rings (SSSR count). The van der Waals surface area contributed by atoms with E-state index in [1.165, 1.54) is 7.11 Å². The molecule has 0 amide bonds. The lowest BCUT2D eigenvalue weighted by Crippen LogP contribution is -2.31. The highest BCUT2D eigenvalue weighted by Gasteiger charge is 2.11. The Hall–Kier alpha value is -3.08. The summed E-state index contributed by atoms with van der Waals surface area (Å²) in [5, 5.41) is 0. The first-order valence-electron chi connectivity index (χ1n) is 13.8. The maximum atomic E-state index is 12.0. The first-order valence-corrected chi connectivity index (χ1v) is 13.8. The molecule has 0 bridgehead atoms. The van der Waals surface area contributed by atoms with Crippen LogP contribution in [0.25, 0.3) is 0 Å². The molecule has 0 aliphatic heterocycles. The molecule has 2 aromatic rings. The third-order valence-electron chi connectivity index (χ3n) is 5.77. The fourth-order valence-electron chi connectivity index (χ4n) is 3.64. The van der Waals surface area contributed by atoms with E-state index in [0.717, 1.165) is 11.3 Å². The number of rotatable bonds is 22. The highest BCUT2D eigenvalue weighted by Crippen LogP contribution is 2.15. The zero-order valence-corrected chi connectivity index (χ0v) is 25.2. The van der Waals surface area contributed by atoms with Gasteiger partial charge in [0.1, 0.15) is 5.69 Å². The van der Waals surface area contributed by atoms with Gasteiger partial charge in [-0.2, -0.15) is 0 Å². The Bertz CT molecular complexity index is 1050. The number of benzene rings is 1. The summed E-state index contributed by atoms with van der Waals surface area (Å²) in [6.45, 7) is 7.04. The quantitative estimate of drug-likeness (QED) is 0.115. The Balaban J connectivity index is 2.00. The van der Waals surface area contributed by atoms with E-state index in [1.54, 1.807) is 33.5 Å². The van der Waals surface area contributed by atoms with E-state index in [1.807, 2.05) is 24.3 Å². The highest BCUT2D eigenvalue weighted by atomic mass is 16.5. The molecule has 42 heavy (non-hydrogen) atoms. The monoisotopic (exact) mass is 588 g/mol. The Morgan fingerprint density at radius 1 is 0.667 bits per heavy atom. The molecule has 0 saturated carbocycles. The van der Waals surface area contributed by atoms with Gasteiger partial charge in [-0.3, -0.25) is 0 Å². The normalized spacial score (nSPS) is 10.8. The number of aromatic nitrogens is 1. The standard InChI is InChI=1S/C31H44N2O9/c1-35-15-17-41-21-19-39-13-11-33(12-14-40-20-22-42-18-16-36-2)29-9-7-26(8-10-29)5-6-27-23-28(25-37-3)32-30(24-27)31(34)38-4/h7-10,23-24H,11-22,25H2,1-4H3. The summed E-state index contributed by atoms with van der Waals surface area (Å²) in [5.74, 6) is 5.75. The maximum Gasteiger partial charge on any atom is 0.356 e. The van der Waals surface area contributed by atoms with Crippen LogP contribution in [0, 0.1) is 11.8 Å². The molecule has 1 heterocycles. The molecule has 0 atom stereocenters. The molecule has 11 nitrogen and oxygen atoms in total. The zero-order valence-electron chi connectivity index (χ0n) is 25.2. The van der Waals surface area contributed by atoms with Crippen LogP contribution in [-0.2, 0) is 44.5 Å². The summed E-state index contributed by atoms with van der Waals surface area (Å²) < 4.78 is 42.4. The van der Waals surface area contributed by atoms with Crippen molar-refractivity contribution in [3.8, 4) is 11.8 Å². The van der Waals surface area contributed by atoms with E-state index >= 15 is 0 Å². The smallest absolute Gasteiger partial charge is 0.356 e. The molecule has 0 unspecified atom stereocenters. The van der Waals surface area contributed by atoms with Crippen molar-refractivity contribution in [1.82, 2.24) is 4.98 Å². The number of carbonyl (C=O) groups is 1. The fourth-order valence-corrected chi connectivity index (χ4v) is 3.64. The van der Waals surface area contributed by atoms with Gasteiger partial charge in [0.05, 0.1) is 85.5 Å². The molecule has 0 saturated heterocycles. The fraction of sp³-hybridized carbons (Fsp3) is 0.548. The molecule has 11 heteroatoms. The van der Waals surface area contributed by atoms with Crippen LogP contribution in [0.3, 0.4) is 0 Å². The second-order valence-corrected chi connectivity index (χ2v) is 8.88. The van der Waals surface area contributed by atoms with Crippen molar-refractivity contribution in [3.05, 3.63) is 58.9 Å². The number of hydrogen-bond donors (Lipinski definition) is 0. The molecular formula is C31H44N2O9. The molecule has 0 aliphatic carbocycles. The lowest BCUT2D eigenvalue weighted by molar-refractivity contribution is 0.0235. The van der Waals surface area contributed by atoms with Gasteiger partial charge < -0.3 is 42.8 Å². The number of anilines is 1. The second kappa shape index (κ2) is 22.5. The third-order valence-corrected chi connectivity index (χ3v) is 5.77. The van der Waals surface area contributed by atoms with Crippen LogP contribution in [0.4, 0.5) is 5.69 Å². The summed E-state index contributed by atoms with van der Waals surface area (Å²) in [6, 6.07) is 11.4. The van der Waals surface area contributed by atoms with Crippen LogP contribution >= 0.6 is 0 Å². The molecule has 0 fully saturated rings. The van der Waals surface area contributed by atoms with Crippen LogP contribution < -0.4 is 4.90 Å². The maximum absolute atomic E-state index is 12.0. The molecule has 0 N–H and O–H groups in total. The minimum absolute atomic E-state index is 0.190. The Labute approximate surface area is 249 Å². The summed E-state index contributed by atoms with van der Waals surface area (Å²) in [7, 11) is 6.18. The lowest BCUT2D eigenvalue weighted by Gasteiger charge is -2.25. The van der Waals surface area contributed by atoms with E-state index in [-0.39, 0.29) is 12.3 Å². The van der Waals surface area contributed by atoms with Crippen LogP contribution in [0.15, 0.2) is 36.4 Å². The van der Waals surface area contributed by atoms with Crippen molar-refractivity contribution >= 4 is 11.7 Å². The van der Waals surface area contributed by atoms with Crippen molar-refractivity contribution in [1.29, 1.82) is 0 Å². The largest absolute Gasteiger partial charge is 0.464 e. The third kappa shape index (κ3) is 14.7. The second-order valence-electron chi connectivity index (χ2n) is 8.88. The molecule has 0 radical (unpaired) electrons. The minimum Gasteiger partial charge on any atom is -0.464 e. The predicted octanol–water partition coefficient (Wildman–Crippen LogP) is 2.58. The van der Waals surface area contributed by atoms with Gasteiger partial charge >= 0.3 is 5.97 Å². The SMILES string of the molecule is COCCOCCOCCN(CCOCCOCCOC)c1ccc(C#Cc2cc(COC)nc(C(=O)OC)c2)cc1. The summed E-state index contributed by atoms with van der Waals surface area (Å²) in [5.41, 5.74) is 3.30. The van der Waals surface area contributed by atoms with Crippen LogP contribution in [-0.4, -0.2) is 119 Å². The van der Waals surface area contributed by atoms with Crippen LogP contribution in [0.1, 0.15) is 27.3 Å². The zero-order chi connectivity index (χ0) is 30.3. The number of ether oxygens (including phenoxy) is 8. The number of carbonyl (C=O) groups excluding carboxylic acids is 1. The average molecular weight is 589 g/mol. The predicted molar refractivity (Wildman–Crippen MR) is 158 cm³/mol. The van der Waals surface area contributed by atoms with Gasteiger partial charge in [0, 0.05) is 51.2 Å². The number of methoxy groups -OCH3 is 4. The number of pyridine rings is 1.